The molecule has 3 N–H and O–H groups in total. The Balaban J connectivity index is 0.00000450. The van der Waals surface area contributed by atoms with E-state index in [1.165, 1.54) is 12.8 Å². The van der Waals surface area contributed by atoms with E-state index in [0.717, 1.165) is 31.4 Å². The van der Waals surface area contributed by atoms with Crippen molar-refractivity contribution >= 4 is 41.5 Å². The quantitative estimate of drug-likeness (QED) is 0.192. The molecule has 0 spiro atoms. The van der Waals surface area contributed by atoms with Gasteiger partial charge in [0.05, 0.1) is 5.69 Å². The van der Waals surface area contributed by atoms with Gasteiger partial charge in [0.25, 0.3) is 0 Å². The monoisotopic (exact) mass is 542 g/mol. The third-order valence-electron chi connectivity index (χ3n) is 5.17. The number of benzene rings is 1. The lowest BCUT2D eigenvalue weighted by atomic mass is 9.83. The van der Waals surface area contributed by atoms with Gasteiger partial charge in [-0.25, -0.2) is 18.2 Å². The number of methoxy groups -OCH3 is 1. The Morgan fingerprint density at radius 3 is 2.50 bits per heavy atom. The third-order valence-corrected chi connectivity index (χ3v) is 5.17. The second kappa shape index (κ2) is 13.0. The lowest BCUT2D eigenvalue weighted by molar-refractivity contribution is -0.114. The van der Waals surface area contributed by atoms with Crippen LogP contribution >= 0.6 is 24.0 Å². The molecule has 6 nitrogen and oxygen atoms in total. The maximum Gasteiger partial charge on any atom is 0.246 e. The Bertz CT molecular complexity index is 728. The minimum atomic E-state index is -1.63. The number of carbonyl (C=O) groups excluding carboxylic acids is 1. The number of anilines is 1. The van der Waals surface area contributed by atoms with E-state index in [4.69, 9.17) is 4.74 Å². The number of halogens is 4. The number of carbonyl (C=O) groups is 1. The first kappa shape index (κ1) is 26.5. The van der Waals surface area contributed by atoms with E-state index in [-0.39, 0.29) is 35.9 Å². The van der Waals surface area contributed by atoms with E-state index in [1.807, 2.05) is 6.92 Å². The molecule has 170 valence electrons. The Hall–Kier alpha value is -1.56. The highest BCUT2D eigenvalue weighted by Gasteiger charge is 2.33. The molecule has 1 aliphatic rings. The van der Waals surface area contributed by atoms with Gasteiger partial charge in [0.2, 0.25) is 5.91 Å². The van der Waals surface area contributed by atoms with Crippen LogP contribution in [0.4, 0.5) is 18.9 Å². The van der Waals surface area contributed by atoms with Crippen molar-refractivity contribution in [3.05, 3.63) is 29.6 Å². The van der Waals surface area contributed by atoms with Crippen LogP contribution in [0.25, 0.3) is 0 Å². The van der Waals surface area contributed by atoms with Gasteiger partial charge in [0.1, 0.15) is 6.54 Å². The summed E-state index contributed by atoms with van der Waals surface area (Å²) in [5.41, 5.74) is -0.282. The number of hydrogen-bond acceptors (Lipinski definition) is 3. The maximum absolute atomic E-state index is 13.7. The van der Waals surface area contributed by atoms with Crippen molar-refractivity contribution in [1.29, 1.82) is 0 Å². The summed E-state index contributed by atoms with van der Waals surface area (Å²) in [6.45, 7) is 3.62. The predicted molar refractivity (Wildman–Crippen MR) is 122 cm³/mol. The molecule has 0 unspecified atom stereocenters. The van der Waals surface area contributed by atoms with Gasteiger partial charge < -0.3 is 20.7 Å². The number of guanidine groups is 1. The van der Waals surface area contributed by atoms with Crippen molar-refractivity contribution in [2.75, 3.05) is 38.7 Å². The van der Waals surface area contributed by atoms with Crippen LogP contribution in [0, 0.1) is 22.9 Å². The molecule has 30 heavy (non-hydrogen) atoms. The van der Waals surface area contributed by atoms with Crippen LogP contribution < -0.4 is 16.0 Å². The second-order valence-electron chi connectivity index (χ2n) is 7.27. The minimum absolute atomic E-state index is 0. The third kappa shape index (κ3) is 7.60. The normalized spacial score (nSPS) is 15.4. The van der Waals surface area contributed by atoms with Crippen molar-refractivity contribution in [2.24, 2.45) is 10.4 Å². The molecule has 0 heterocycles. The standard InChI is InChI=1S/C20H29F3N4O2.HI/c1-3-24-19(26-13-20(10-11-29-2)8-4-5-9-20)25-12-16(28)27-15-7-6-14(21)17(22)18(15)23;/h6-7H,3-5,8-13H2,1-2H3,(H,27,28)(H2,24,25,26);1H. The maximum atomic E-state index is 13.7. The van der Waals surface area contributed by atoms with E-state index in [0.29, 0.717) is 25.7 Å². The Kier molecular flexibility index (Phi) is 11.5. The zero-order valence-electron chi connectivity index (χ0n) is 17.3. The molecular weight excluding hydrogens is 512 g/mol. The molecule has 1 aromatic carbocycles. The minimum Gasteiger partial charge on any atom is -0.385 e. The molecule has 0 aromatic heterocycles. The predicted octanol–water partition coefficient (Wildman–Crippen LogP) is 3.81. The summed E-state index contributed by atoms with van der Waals surface area (Å²) in [6, 6.07) is 1.72. The number of amides is 1. The number of hydrogen-bond donors (Lipinski definition) is 3. The van der Waals surface area contributed by atoms with Crippen molar-refractivity contribution < 1.29 is 22.7 Å². The first-order valence-corrected chi connectivity index (χ1v) is 9.85. The van der Waals surface area contributed by atoms with E-state index in [2.05, 4.69) is 20.9 Å². The average Bonchev–Trinajstić information content (AvgIpc) is 3.18. The molecule has 1 aromatic rings. The summed E-state index contributed by atoms with van der Waals surface area (Å²) in [7, 11) is 1.69. The lowest BCUT2D eigenvalue weighted by Crippen LogP contribution is -2.43. The van der Waals surface area contributed by atoms with Crippen molar-refractivity contribution in [1.82, 2.24) is 10.6 Å². The number of nitrogens with one attached hydrogen (secondary N) is 3. The first-order chi connectivity index (χ1) is 13.9. The Morgan fingerprint density at radius 2 is 1.87 bits per heavy atom. The molecule has 0 saturated heterocycles. The number of aliphatic imine (C=N–C) groups is 1. The molecule has 0 atom stereocenters. The average molecular weight is 542 g/mol. The van der Waals surface area contributed by atoms with Crippen molar-refractivity contribution in [3.63, 3.8) is 0 Å². The van der Waals surface area contributed by atoms with Gasteiger partial charge in [0.15, 0.2) is 23.4 Å². The van der Waals surface area contributed by atoms with Crippen molar-refractivity contribution in [2.45, 2.75) is 39.0 Å². The number of rotatable bonds is 9. The molecule has 0 radical (unpaired) electrons. The zero-order chi connectivity index (χ0) is 21.3. The summed E-state index contributed by atoms with van der Waals surface area (Å²) in [5.74, 6) is -4.54. The van der Waals surface area contributed by atoms with Crippen LogP contribution in [-0.2, 0) is 9.53 Å². The van der Waals surface area contributed by atoms with Gasteiger partial charge in [-0.1, -0.05) is 12.8 Å². The van der Waals surface area contributed by atoms with Crippen LogP contribution in [0.1, 0.15) is 39.0 Å². The fraction of sp³-hybridized carbons (Fsp3) is 0.600. The van der Waals surface area contributed by atoms with Crippen molar-refractivity contribution in [3.8, 4) is 0 Å². The molecule has 2 rings (SSSR count). The van der Waals surface area contributed by atoms with Gasteiger partial charge in [0, 0.05) is 26.8 Å². The van der Waals surface area contributed by atoms with Gasteiger partial charge in [-0.3, -0.25) is 4.79 Å². The van der Waals surface area contributed by atoms with Gasteiger partial charge >= 0.3 is 0 Å². The fourth-order valence-electron chi connectivity index (χ4n) is 3.53. The molecule has 1 saturated carbocycles. The summed E-state index contributed by atoms with van der Waals surface area (Å²) >= 11 is 0. The second-order valence-corrected chi connectivity index (χ2v) is 7.27. The molecule has 1 amide bonds. The van der Waals surface area contributed by atoms with Gasteiger partial charge in [-0.05, 0) is 43.7 Å². The van der Waals surface area contributed by atoms with Crippen LogP contribution in [0.2, 0.25) is 0 Å². The largest absolute Gasteiger partial charge is 0.385 e. The van der Waals surface area contributed by atoms with Crippen LogP contribution in [0.15, 0.2) is 17.1 Å². The summed E-state index contributed by atoms with van der Waals surface area (Å²) in [4.78, 5) is 16.3. The molecule has 10 heteroatoms. The van der Waals surface area contributed by atoms with E-state index < -0.39 is 29.0 Å². The summed E-state index contributed by atoms with van der Waals surface area (Å²) in [5, 5.41) is 8.56. The first-order valence-electron chi connectivity index (χ1n) is 9.85. The highest BCUT2D eigenvalue weighted by atomic mass is 127. The van der Waals surface area contributed by atoms with E-state index in [9.17, 15) is 18.0 Å². The SMILES string of the molecule is CCNC(=NCC(=O)Nc1ccc(F)c(F)c1F)NCC1(CCOC)CCCC1.I. The molecule has 1 fully saturated rings. The van der Waals surface area contributed by atoms with Crippen LogP contribution in [-0.4, -0.2) is 45.2 Å². The van der Waals surface area contributed by atoms with E-state index >= 15 is 0 Å². The lowest BCUT2D eigenvalue weighted by Gasteiger charge is -2.30. The highest BCUT2D eigenvalue weighted by Crippen LogP contribution is 2.40. The van der Waals surface area contributed by atoms with Crippen LogP contribution in [0.3, 0.4) is 0 Å². The molecule has 0 aliphatic heterocycles. The smallest absolute Gasteiger partial charge is 0.246 e. The molecular formula is C20H30F3IN4O2. The summed E-state index contributed by atoms with van der Waals surface area (Å²) in [6.07, 6.45) is 5.53. The number of ether oxygens (including phenoxy) is 1. The van der Waals surface area contributed by atoms with Gasteiger partial charge in [-0.15, -0.1) is 24.0 Å². The summed E-state index contributed by atoms with van der Waals surface area (Å²) < 4.78 is 45.2. The fourth-order valence-corrected chi connectivity index (χ4v) is 3.53. The Labute approximate surface area is 192 Å². The highest BCUT2D eigenvalue weighted by molar-refractivity contribution is 14.0. The topological polar surface area (TPSA) is 74.8 Å². The van der Waals surface area contributed by atoms with Gasteiger partial charge in [-0.2, -0.15) is 0 Å². The van der Waals surface area contributed by atoms with E-state index in [1.54, 1.807) is 7.11 Å². The zero-order valence-corrected chi connectivity index (χ0v) is 19.7. The Morgan fingerprint density at radius 1 is 1.17 bits per heavy atom. The number of nitrogens with zero attached hydrogens (tertiary/aromatic N) is 1. The van der Waals surface area contributed by atoms with Crippen LogP contribution in [0.5, 0.6) is 0 Å². The molecule has 0 bridgehead atoms. The molecule has 1 aliphatic carbocycles.